The molecule has 0 bridgehead atoms. The van der Waals surface area contributed by atoms with Crippen molar-refractivity contribution in [1.82, 2.24) is 14.9 Å². The fourth-order valence-electron chi connectivity index (χ4n) is 3.94. The minimum absolute atomic E-state index is 0.0285. The average molecular weight is 584 g/mol. The van der Waals surface area contributed by atoms with Crippen LogP contribution in [0.25, 0.3) is 17.0 Å². The molecular weight excluding hydrogens is 556 g/mol. The molecule has 14 heteroatoms. The van der Waals surface area contributed by atoms with Gasteiger partial charge in [-0.05, 0) is 24.1 Å². The third kappa shape index (κ3) is 6.72. The standard InChI is InChI=1S/C27H27FN5O7P/c1-17-8-9-19(12-21(17)28)13-37-41(35,38-14-22-24(40-27(34)39-22)20-6-4-3-5-7-20)16-36-11-10-33-15-30-23-18(2)31-26(29)32-25(23)33/h3-9,12,15H,2,10-11,13-14,16H2,1H3,(H3,29,31,32). The summed E-state index contributed by atoms with van der Waals surface area (Å²) in [5.74, 6) is -0.490. The highest BCUT2D eigenvalue weighted by Gasteiger charge is 2.28. The highest BCUT2D eigenvalue weighted by atomic mass is 31.2. The number of nitrogens with one attached hydrogen (secondary N) is 1. The van der Waals surface area contributed by atoms with Crippen LogP contribution in [0.3, 0.4) is 0 Å². The molecule has 0 spiro atoms. The van der Waals surface area contributed by atoms with Gasteiger partial charge in [0.05, 0.1) is 25.2 Å². The van der Waals surface area contributed by atoms with Gasteiger partial charge in [0.25, 0.3) is 0 Å². The average Bonchev–Trinajstić information content (AvgIpc) is 3.54. The van der Waals surface area contributed by atoms with E-state index < -0.39 is 32.2 Å². The second-order valence-corrected chi connectivity index (χ2v) is 11.1. The van der Waals surface area contributed by atoms with Crippen molar-refractivity contribution >= 4 is 25.1 Å². The summed E-state index contributed by atoms with van der Waals surface area (Å²) in [6.45, 7) is 5.27. The van der Waals surface area contributed by atoms with E-state index in [1.807, 2.05) is 0 Å². The van der Waals surface area contributed by atoms with E-state index in [0.717, 1.165) is 0 Å². The lowest BCUT2D eigenvalue weighted by Crippen LogP contribution is -2.32. The first-order chi connectivity index (χ1) is 19.7. The van der Waals surface area contributed by atoms with Crippen LogP contribution >= 0.6 is 7.60 Å². The van der Waals surface area contributed by atoms with E-state index in [1.165, 1.54) is 6.07 Å². The number of imidazole rings is 1. The number of ether oxygens (including phenoxy) is 1. The lowest BCUT2D eigenvalue weighted by molar-refractivity contribution is 0.114. The van der Waals surface area contributed by atoms with Crippen LogP contribution in [-0.2, 0) is 38.1 Å². The van der Waals surface area contributed by atoms with Crippen LogP contribution in [0.1, 0.15) is 22.6 Å². The van der Waals surface area contributed by atoms with E-state index in [0.29, 0.717) is 40.4 Å². The molecule has 1 aliphatic rings. The third-order valence-electron chi connectivity index (χ3n) is 6.06. The summed E-state index contributed by atoms with van der Waals surface area (Å²) < 4.78 is 56.9. The first kappa shape index (κ1) is 28.2. The second kappa shape index (κ2) is 12.1. The normalized spacial score (nSPS) is 14.3. The van der Waals surface area contributed by atoms with Crippen molar-refractivity contribution < 1.29 is 31.6 Å². The maximum absolute atomic E-state index is 14.1. The van der Waals surface area contributed by atoms with Gasteiger partial charge < -0.3 is 33.7 Å². The maximum atomic E-state index is 14.1. The molecule has 2 aromatic heterocycles. The van der Waals surface area contributed by atoms with Crippen LogP contribution in [0.2, 0.25) is 0 Å². The zero-order valence-corrected chi connectivity index (χ0v) is 22.9. The van der Waals surface area contributed by atoms with Crippen molar-refractivity contribution in [2.24, 2.45) is 10.7 Å². The molecule has 0 saturated carbocycles. The van der Waals surface area contributed by atoms with Crippen molar-refractivity contribution in [2.45, 2.75) is 26.7 Å². The van der Waals surface area contributed by atoms with Crippen molar-refractivity contribution in [3.63, 3.8) is 0 Å². The number of halogens is 1. The number of guanidine groups is 1. The van der Waals surface area contributed by atoms with E-state index in [-0.39, 0.29) is 30.7 Å². The number of nitrogens with zero attached hydrogens (tertiary/aromatic N) is 3. The number of hydrogen-bond acceptors (Lipinski definition) is 11. The molecule has 5 rings (SSSR count). The predicted octanol–water partition coefficient (Wildman–Crippen LogP) is 4.66. The Balaban J connectivity index is 1.28. The summed E-state index contributed by atoms with van der Waals surface area (Å²) in [6.07, 6.45) is 1.12. The molecule has 41 heavy (non-hydrogen) atoms. The molecule has 1 atom stereocenters. The van der Waals surface area contributed by atoms with Crippen LogP contribution in [0.5, 0.6) is 0 Å². The largest absolute Gasteiger partial charge is 0.519 e. The topological polar surface area (TPSA) is 156 Å². The zero-order chi connectivity index (χ0) is 29.0. The number of rotatable bonds is 12. The Kier molecular flexibility index (Phi) is 8.31. The monoisotopic (exact) mass is 583 g/mol. The fourth-order valence-corrected chi connectivity index (χ4v) is 5.18. The van der Waals surface area contributed by atoms with Crippen LogP contribution in [0.15, 0.2) is 80.1 Å². The Labute approximate surface area is 233 Å². The highest BCUT2D eigenvalue weighted by molar-refractivity contribution is 7.53. The SMILES string of the molecule is C=C1NC(N)=Nc2c1ncn2CCOCP(=O)(OCc1ccc(C)c(F)c1)OCc1oc(=O)oc1-c1ccccc1. The summed E-state index contributed by atoms with van der Waals surface area (Å²) in [4.78, 5) is 20.4. The summed E-state index contributed by atoms with van der Waals surface area (Å²) in [7, 11) is -3.97. The molecular formula is C27H27FN5O7P. The molecule has 0 aliphatic carbocycles. The molecule has 2 aromatic carbocycles. The van der Waals surface area contributed by atoms with Crippen LogP contribution in [-0.4, -0.2) is 28.5 Å². The Bertz CT molecular complexity index is 1700. The second-order valence-electron chi connectivity index (χ2n) is 9.06. The lowest BCUT2D eigenvalue weighted by Gasteiger charge is -2.19. The third-order valence-corrected chi connectivity index (χ3v) is 7.61. The van der Waals surface area contributed by atoms with Crippen molar-refractivity contribution in [1.29, 1.82) is 0 Å². The number of benzene rings is 2. The Morgan fingerprint density at radius 1 is 1.15 bits per heavy atom. The zero-order valence-electron chi connectivity index (χ0n) is 22.0. The van der Waals surface area contributed by atoms with Crippen LogP contribution in [0.4, 0.5) is 10.2 Å². The van der Waals surface area contributed by atoms with Gasteiger partial charge in [-0.2, -0.15) is 4.99 Å². The summed E-state index contributed by atoms with van der Waals surface area (Å²) in [5.41, 5.74) is 8.35. The molecule has 214 valence electrons. The highest BCUT2D eigenvalue weighted by Crippen LogP contribution is 2.50. The number of fused-ring (bicyclic) bond motifs is 1. The summed E-state index contributed by atoms with van der Waals surface area (Å²) in [5, 5.41) is 2.81. The van der Waals surface area contributed by atoms with Gasteiger partial charge in [-0.1, -0.05) is 49.0 Å². The first-order valence-electron chi connectivity index (χ1n) is 12.5. The van der Waals surface area contributed by atoms with Gasteiger partial charge in [0, 0.05) is 12.1 Å². The molecule has 0 amide bonds. The van der Waals surface area contributed by atoms with Crippen molar-refractivity contribution in [2.75, 3.05) is 13.0 Å². The molecule has 0 saturated heterocycles. The van der Waals surface area contributed by atoms with Gasteiger partial charge in [0.15, 0.2) is 23.3 Å². The van der Waals surface area contributed by atoms with Gasteiger partial charge in [-0.3, -0.25) is 9.09 Å². The number of aliphatic imine (C=N–C) groups is 1. The van der Waals surface area contributed by atoms with Gasteiger partial charge in [0.1, 0.15) is 24.5 Å². The molecule has 4 aromatic rings. The van der Waals surface area contributed by atoms with Gasteiger partial charge in [-0.15, -0.1) is 0 Å². The van der Waals surface area contributed by atoms with E-state index in [9.17, 15) is 13.8 Å². The van der Waals surface area contributed by atoms with Crippen LogP contribution < -0.4 is 16.9 Å². The molecule has 1 unspecified atom stereocenters. The van der Waals surface area contributed by atoms with Gasteiger partial charge in [0.2, 0.25) is 0 Å². The Hall–Kier alpha value is -4.29. The van der Waals surface area contributed by atoms with E-state index >= 15 is 0 Å². The number of aromatic nitrogens is 2. The molecule has 3 heterocycles. The maximum Gasteiger partial charge on any atom is 0.519 e. The summed E-state index contributed by atoms with van der Waals surface area (Å²) >= 11 is 0. The van der Waals surface area contributed by atoms with E-state index in [2.05, 4.69) is 21.9 Å². The number of aryl methyl sites for hydroxylation is 1. The van der Waals surface area contributed by atoms with Gasteiger partial charge >= 0.3 is 13.4 Å². The smallest absolute Gasteiger partial charge is 0.393 e. The lowest BCUT2D eigenvalue weighted by atomic mass is 10.1. The molecule has 0 radical (unpaired) electrons. The predicted molar refractivity (Wildman–Crippen MR) is 147 cm³/mol. The number of hydrogen-bond donors (Lipinski definition) is 2. The number of nitrogens with two attached hydrogens (primary N) is 1. The Morgan fingerprint density at radius 3 is 2.71 bits per heavy atom. The minimum Gasteiger partial charge on any atom is -0.393 e. The van der Waals surface area contributed by atoms with E-state index in [4.69, 9.17) is 28.4 Å². The first-order valence-corrected chi connectivity index (χ1v) is 14.2. The van der Waals surface area contributed by atoms with E-state index in [1.54, 1.807) is 60.3 Å². The quantitative estimate of drug-likeness (QED) is 0.178. The van der Waals surface area contributed by atoms with Crippen molar-refractivity contribution in [3.05, 3.63) is 100 Å². The summed E-state index contributed by atoms with van der Waals surface area (Å²) in [6, 6.07) is 13.3. The molecule has 12 nitrogen and oxygen atoms in total. The molecule has 3 N–H and O–H groups in total. The fraction of sp³-hybridized carbons (Fsp3) is 0.222. The van der Waals surface area contributed by atoms with Gasteiger partial charge in [-0.25, -0.2) is 14.2 Å². The Morgan fingerprint density at radius 2 is 1.93 bits per heavy atom. The van der Waals surface area contributed by atoms with Crippen molar-refractivity contribution in [3.8, 4) is 11.3 Å². The molecule has 0 fully saturated rings. The van der Waals surface area contributed by atoms with Crippen LogP contribution in [0, 0.1) is 12.7 Å². The minimum atomic E-state index is -3.97. The molecule has 1 aliphatic heterocycles.